The molecule has 2 nitrogen and oxygen atoms in total. The molecule has 0 unspecified atom stereocenters. The van der Waals surface area contributed by atoms with E-state index in [4.69, 9.17) is 4.42 Å². The maximum absolute atomic E-state index is 9.43. The lowest BCUT2D eigenvalue weighted by atomic mass is 10.0. The Morgan fingerprint density at radius 2 is 2.20 bits per heavy atom. The molecule has 0 aliphatic carbocycles. The molecule has 0 radical (unpaired) electrons. The third-order valence-corrected chi connectivity index (χ3v) is 1.52. The minimum absolute atomic E-state index is 0.248. The first-order valence-corrected chi connectivity index (χ1v) is 3.42. The molecule has 0 fully saturated rings. The van der Waals surface area contributed by atoms with Gasteiger partial charge in [0.15, 0.2) is 0 Å². The van der Waals surface area contributed by atoms with Crippen molar-refractivity contribution in [2.24, 2.45) is 5.92 Å². The van der Waals surface area contributed by atoms with Crippen LogP contribution < -0.4 is 0 Å². The molecule has 0 saturated carbocycles. The van der Waals surface area contributed by atoms with Crippen LogP contribution in [-0.2, 0) is 0 Å². The van der Waals surface area contributed by atoms with Crippen LogP contribution >= 0.6 is 0 Å². The second kappa shape index (κ2) is 2.88. The molecule has 0 amide bonds. The van der Waals surface area contributed by atoms with Crippen molar-refractivity contribution in [3.8, 4) is 0 Å². The largest absolute Gasteiger partial charge is 0.472 e. The molecule has 1 heterocycles. The van der Waals surface area contributed by atoms with Gasteiger partial charge in [-0.1, -0.05) is 13.8 Å². The number of rotatable bonds is 2. The van der Waals surface area contributed by atoms with Crippen LogP contribution in [0.5, 0.6) is 0 Å². The highest BCUT2D eigenvalue weighted by Gasteiger charge is 2.11. The third kappa shape index (κ3) is 1.39. The van der Waals surface area contributed by atoms with Gasteiger partial charge in [0.25, 0.3) is 0 Å². The monoisotopic (exact) mass is 140 g/mol. The molecular formula is C8H12O2. The predicted octanol–water partition coefficient (Wildman–Crippen LogP) is 1.97. The van der Waals surface area contributed by atoms with Crippen molar-refractivity contribution >= 4 is 0 Å². The Morgan fingerprint density at radius 3 is 2.60 bits per heavy atom. The molecule has 0 aromatic carbocycles. The lowest BCUT2D eigenvalue weighted by Gasteiger charge is -2.10. The lowest BCUT2D eigenvalue weighted by Crippen LogP contribution is -2.03. The Labute approximate surface area is 60.5 Å². The highest BCUT2D eigenvalue weighted by Crippen LogP contribution is 2.20. The first kappa shape index (κ1) is 7.35. The molecule has 1 aromatic heterocycles. The SMILES string of the molecule is CC(C)[C@H](O)c1ccoc1. The Kier molecular flexibility index (Phi) is 2.12. The maximum Gasteiger partial charge on any atom is 0.0960 e. The van der Waals surface area contributed by atoms with Crippen LogP contribution in [0.25, 0.3) is 0 Å². The van der Waals surface area contributed by atoms with Crippen molar-refractivity contribution in [1.82, 2.24) is 0 Å². The predicted molar refractivity (Wildman–Crippen MR) is 38.5 cm³/mol. The van der Waals surface area contributed by atoms with Crippen LogP contribution in [0.4, 0.5) is 0 Å². The van der Waals surface area contributed by atoms with Crippen molar-refractivity contribution in [1.29, 1.82) is 0 Å². The number of hydrogen-bond donors (Lipinski definition) is 1. The van der Waals surface area contributed by atoms with E-state index in [-0.39, 0.29) is 5.92 Å². The fraction of sp³-hybridized carbons (Fsp3) is 0.500. The molecule has 0 aliphatic rings. The van der Waals surface area contributed by atoms with Crippen molar-refractivity contribution in [3.05, 3.63) is 24.2 Å². The molecule has 0 bridgehead atoms. The number of aliphatic hydroxyl groups is 1. The van der Waals surface area contributed by atoms with Crippen LogP contribution in [0.15, 0.2) is 23.0 Å². The van der Waals surface area contributed by atoms with Crippen molar-refractivity contribution in [3.63, 3.8) is 0 Å². The van der Waals surface area contributed by atoms with E-state index in [0.29, 0.717) is 0 Å². The minimum Gasteiger partial charge on any atom is -0.472 e. The van der Waals surface area contributed by atoms with Gasteiger partial charge in [-0.05, 0) is 12.0 Å². The molecule has 2 heteroatoms. The van der Waals surface area contributed by atoms with E-state index in [1.54, 1.807) is 18.6 Å². The molecule has 0 aliphatic heterocycles. The zero-order chi connectivity index (χ0) is 7.56. The van der Waals surface area contributed by atoms with Gasteiger partial charge >= 0.3 is 0 Å². The molecule has 56 valence electrons. The van der Waals surface area contributed by atoms with E-state index in [0.717, 1.165) is 5.56 Å². The van der Waals surface area contributed by atoms with Crippen molar-refractivity contribution in [2.75, 3.05) is 0 Å². The summed E-state index contributed by atoms with van der Waals surface area (Å²) in [4.78, 5) is 0. The molecule has 1 rings (SSSR count). The quantitative estimate of drug-likeness (QED) is 0.681. The molecular weight excluding hydrogens is 128 g/mol. The van der Waals surface area contributed by atoms with Gasteiger partial charge in [-0.2, -0.15) is 0 Å². The van der Waals surface area contributed by atoms with Gasteiger partial charge in [-0.25, -0.2) is 0 Å². The summed E-state index contributed by atoms with van der Waals surface area (Å²) in [6, 6.07) is 1.78. The first-order chi connectivity index (χ1) is 4.72. The second-order valence-corrected chi connectivity index (χ2v) is 2.75. The number of aliphatic hydroxyl groups excluding tert-OH is 1. The summed E-state index contributed by atoms with van der Waals surface area (Å²) >= 11 is 0. The van der Waals surface area contributed by atoms with E-state index in [1.165, 1.54) is 0 Å². The highest BCUT2D eigenvalue weighted by molar-refractivity contribution is 5.09. The average molecular weight is 140 g/mol. The average Bonchev–Trinajstić information content (AvgIpc) is 2.36. The fourth-order valence-electron chi connectivity index (χ4n) is 0.828. The summed E-state index contributed by atoms with van der Waals surface area (Å²) in [6.45, 7) is 3.94. The van der Waals surface area contributed by atoms with E-state index in [2.05, 4.69) is 0 Å². The Balaban J connectivity index is 2.68. The summed E-state index contributed by atoms with van der Waals surface area (Å²) in [5.41, 5.74) is 0.856. The lowest BCUT2D eigenvalue weighted by molar-refractivity contribution is 0.126. The van der Waals surface area contributed by atoms with Gasteiger partial charge in [-0.3, -0.25) is 0 Å². The molecule has 0 saturated heterocycles. The van der Waals surface area contributed by atoms with Crippen molar-refractivity contribution < 1.29 is 9.52 Å². The van der Waals surface area contributed by atoms with Crippen LogP contribution in [0.3, 0.4) is 0 Å². The number of hydrogen-bond acceptors (Lipinski definition) is 2. The van der Waals surface area contributed by atoms with Gasteiger partial charge in [0.2, 0.25) is 0 Å². The van der Waals surface area contributed by atoms with Crippen LogP contribution in [0.1, 0.15) is 25.5 Å². The molecule has 1 atom stereocenters. The van der Waals surface area contributed by atoms with Gasteiger partial charge in [-0.15, -0.1) is 0 Å². The van der Waals surface area contributed by atoms with Gasteiger partial charge in [0.1, 0.15) is 0 Å². The Morgan fingerprint density at radius 1 is 1.50 bits per heavy atom. The zero-order valence-corrected chi connectivity index (χ0v) is 6.24. The smallest absolute Gasteiger partial charge is 0.0960 e. The summed E-state index contributed by atoms with van der Waals surface area (Å²) in [6.07, 6.45) is 2.75. The van der Waals surface area contributed by atoms with Gasteiger partial charge in [0, 0.05) is 5.56 Å². The van der Waals surface area contributed by atoms with E-state index in [1.807, 2.05) is 13.8 Å². The summed E-state index contributed by atoms with van der Waals surface area (Å²) in [5.74, 6) is 0.248. The molecule has 1 N–H and O–H groups in total. The zero-order valence-electron chi connectivity index (χ0n) is 6.24. The molecule has 10 heavy (non-hydrogen) atoms. The maximum atomic E-state index is 9.43. The summed E-state index contributed by atoms with van der Waals surface area (Å²) in [7, 11) is 0. The summed E-state index contributed by atoms with van der Waals surface area (Å²) < 4.78 is 4.83. The first-order valence-electron chi connectivity index (χ1n) is 3.42. The van der Waals surface area contributed by atoms with Crippen LogP contribution in [0.2, 0.25) is 0 Å². The van der Waals surface area contributed by atoms with Gasteiger partial charge in [0.05, 0.1) is 18.6 Å². The highest BCUT2D eigenvalue weighted by atomic mass is 16.3. The second-order valence-electron chi connectivity index (χ2n) is 2.75. The fourth-order valence-corrected chi connectivity index (χ4v) is 0.828. The third-order valence-electron chi connectivity index (χ3n) is 1.52. The van der Waals surface area contributed by atoms with E-state index in [9.17, 15) is 5.11 Å². The Bertz CT molecular complexity index is 177. The van der Waals surface area contributed by atoms with Crippen LogP contribution in [-0.4, -0.2) is 5.11 Å². The number of furan rings is 1. The van der Waals surface area contributed by atoms with Crippen LogP contribution in [0, 0.1) is 5.92 Å². The molecule has 1 aromatic rings. The van der Waals surface area contributed by atoms with Gasteiger partial charge < -0.3 is 9.52 Å². The topological polar surface area (TPSA) is 33.4 Å². The Hall–Kier alpha value is -0.760. The normalized spacial score (nSPS) is 14.0. The molecule has 0 spiro atoms. The van der Waals surface area contributed by atoms with Crippen molar-refractivity contribution in [2.45, 2.75) is 20.0 Å². The van der Waals surface area contributed by atoms with E-state index < -0.39 is 6.10 Å². The minimum atomic E-state index is -0.390. The standard InChI is InChI=1S/C8H12O2/c1-6(2)8(9)7-3-4-10-5-7/h3-6,8-9H,1-2H3/t8-/m0/s1. The van der Waals surface area contributed by atoms with E-state index >= 15 is 0 Å². The summed E-state index contributed by atoms with van der Waals surface area (Å²) in [5, 5.41) is 9.43.